The van der Waals surface area contributed by atoms with Crippen molar-refractivity contribution in [3.05, 3.63) is 18.2 Å². The van der Waals surface area contributed by atoms with E-state index in [1.54, 1.807) is 0 Å². The van der Waals surface area contributed by atoms with Crippen LogP contribution in [0.1, 0.15) is 6.42 Å². The van der Waals surface area contributed by atoms with Gasteiger partial charge in [-0.2, -0.15) is 13.2 Å². The molecule has 2 unspecified atom stereocenters. The highest BCUT2D eigenvalue weighted by atomic mass is 19.4. The SMILES string of the molecule is Fc1cnc(NCC2COC3(CNCCOC3)C2)nc1.O=C(O)C(F)(F)F. The third-order valence-electron chi connectivity index (χ3n) is 3.93. The third kappa shape index (κ3) is 6.88. The predicted molar refractivity (Wildman–Crippen MR) is 84.6 cm³/mol. The van der Waals surface area contributed by atoms with Crippen molar-refractivity contribution in [3.8, 4) is 0 Å². The summed E-state index contributed by atoms with van der Waals surface area (Å²) in [4.78, 5) is 16.7. The summed E-state index contributed by atoms with van der Waals surface area (Å²) >= 11 is 0. The van der Waals surface area contributed by atoms with Gasteiger partial charge in [-0.1, -0.05) is 0 Å². The van der Waals surface area contributed by atoms with Gasteiger partial charge in [0.05, 0.1) is 32.2 Å². The second-order valence-corrected chi connectivity index (χ2v) is 6.20. The molecule has 27 heavy (non-hydrogen) atoms. The molecule has 3 rings (SSSR count). The Bertz CT molecular complexity index is 607. The van der Waals surface area contributed by atoms with Gasteiger partial charge >= 0.3 is 12.1 Å². The minimum absolute atomic E-state index is 0.202. The van der Waals surface area contributed by atoms with Crippen LogP contribution in [0.25, 0.3) is 0 Å². The molecule has 0 bridgehead atoms. The highest BCUT2D eigenvalue weighted by Gasteiger charge is 2.41. The number of hydrogen-bond acceptors (Lipinski definition) is 7. The van der Waals surface area contributed by atoms with Crippen LogP contribution < -0.4 is 10.6 Å². The van der Waals surface area contributed by atoms with Gasteiger partial charge in [-0.25, -0.2) is 19.2 Å². The number of carbonyl (C=O) groups is 1. The number of nitrogens with zero attached hydrogens (tertiary/aromatic N) is 2. The van der Waals surface area contributed by atoms with Crippen LogP contribution in [0.5, 0.6) is 0 Å². The van der Waals surface area contributed by atoms with Crippen LogP contribution in [-0.4, -0.2) is 72.3 Å². The normalized spacial score (nSPS) is 25.4. The van der Waals surface area contributed by atoms with Gasteiger partial charge in [0.2, 0.25) is 5.95 Å². The molecule has 152 valence electrons. The fourth-order valence-electron chi connectivity index (χ4n) is 2.70. The second-order valence-electron chi connectivity index (χ2n) is 6.20. The van der Waals surface area contributed by atoms with E-state index >= 15 is 0 Å². The molecule has 12 heteroatoms. The van der Waals surface area contributed by atoms with Crippen molar-refractivity contribution in [1.29, 1.82) is 0 Å². The highest BCUT2D eigenvalue weighted by Crippen LogP contribution is 2.31. The Hall–Kier alpha value is -2.05. The van der Waals surface area contributed by atoms with E-state index in [4.69, 9.17) is 19.4 Å². The Balaban J connectivity index is 0.000000321. The molecule has 8 nitrogen and oxygen atoms in total. The first-order chi connectivity index (χ1) is 12.7. The molecule has 2 fully saturated rings. The number of nitrogens with one attached hydrogen (secondary N) is 2. The van der Waals surface area contributed by atoms with Gasteiger partial charge in [0.25, 0.3) is 0 Å². The lowest BCUT2D eigenvalue weighted by atomic mass is 9.95. The molecule has 3 heterocycles. The van der Waals surface area contributed by atoms with E-state index in [0.717, 1.165) is 38.5 Å². The number of aromatic nitrogens is 2. The van der Waals surface area contributed by atoms with Crippen molar-refractivity contribution in [2.45, 2.75) is 18.2 Å². The minimum atomic E-state index is -5.08. The lowest BCUT2D eigenvalue weighted by Gasteiger charge is -2.25. The van der Waals surface area contributed by atoms with Crippen LogP contribution in [-0.2, 0) is 14.3 Å². The van der Waals surface area contributed by atoms with E-state index in [9.17, 15) is 17.6 Å². The smallest absolute Gasteiger partial charge is 0.475 e. The number of alkyl halides is 3. The average molecular weight is 396 g/mol. The first kappa shape index (κ1) is 21.3. The Morgan fingerprint density at radius 1 is 1.41 bits per heavy atom. The van der Waals surface area contributed by atoms with E-state index in [1.807, 2.05) is 0 Å². The molecule has 0 radical (unpaired) electrons. The Morgan fingerprint density at radius 3 is 2.70 bits per heavy atom. The zero-order chi connectivity index (χ0) is 19.9. The van der Waals surface area contributed by atoms with E-state index < -0.39 is 18.0 Å². The quantitative estimate of drug-likeness (QED) is 0.652. The van der Waals surface area contributed by atoms with Gasteiger partial charge in [0.1, 0.15) is 5.60 Å². The van der Waals surface area contributed by atoms with Crippen LogP contribution in [0.15, 0.2) is 12.4 Å². The zero-order valence-corrected chi connectivity index (χ0v) is 14.3. The summed E-state index contributed by atoms with van der Waals surface area (Å²) in [6, 6.07) is 0. The Labute approximate surface area is 152 Å². The van der Waals surface area contributed by atoms with Crippen LogP contribution in [0, 0.1) is 11.7 Å². The topological polar surface area (TPSA) is 106 Å². The molecule has 2 aliphatic rings. The minimum Gasteiger partial charge on any atom is -0.475 e. The van der Waals surface area contributed by atoms with Crippen molar-refractivity contribution >= 4 is 11.9 Å². The van der Waals surface area contributed by atoms with E-state index in [1.165, 1.54) is 0 Å². The number of hydrogen-bond donors (Lipinski definition) is 3. The lowest BCUT2D eigenvalue weighted by Crippen LogP contribution is -2.42. The van der Waals surface area contributed by atoms with Gasteiger partial charge in [-0.05, 0) is 6.42 Å². The van der Waals surface area contributed by atoms with Gasteiger partial charge < -0.3 is 25.2 Å². The predicted octanol–water partition coefficient (Wildman–Crippen LogP) is 1.06. The van der Waals surface area contributed by atoms with E-state index in [0.29, 0.717) is 31.6 Å². The summed E-state index contributed by atoms with van der Waals surface area (Å²) < 4.78 is 56.0. The summed E-state index contributed by atoms with van der Waals surface area (Å²) in [5.41, 5.74) is -0.202. The fourth-order valence-corrected chi connectivity index (χ4v) is 2.70. The lowest BCUT2D eigenvalue weighted by molar-refractivity contribution is -0.192. The van der Waals surface area contributed by atoms with Gasteiger partial charge in [0.15, 0.2) is 5.82 Å². The van der Waals surface area contributed by atoms with Crippen molar-refractivity contribution in [2.75, 3.05) is 44.8 Å². The molecule has 0 amide bonds. The highest BCUT2D eigenvalue weighted by molar-refractivity contribution is 5.73. The van der Waals surface area contributed by atoms with Gasteiger partial charge in [-0.15, -0.1) is 0 Å². The van der Waals surface area contributed by atoms with Crippen LogP contribution in [0.3, 0.4) is 0 Å². The Kier molecular flexibility index (Phi) is 7.27. The molecule has 0 aliphatic carbocycles. The molecule has 1 aromatic rings. The van der Waals surface area contributed by atoms with E-state index in [-0.39, 0.29) is 5.60 Å². The van der Waals surface area contributed by atoms with Crippen LogP contribution in [0.4, 0.5) is 23.5 Å². The summed E-state index contributed by atoms with van der Waals surface area (Å²) in [6.07, 6.45) is -1.83. The summed E-state index contributed by atoms with van der Waals surface area (Å²) in [5, 5.41) is 13.6. The molecule has 3 N–H and O–H groups in total. The maximum Gasteiger partial charge on any atom is 0.490 e. The number of ether oxygens (including phenoxy) is 2. The molecular formula is C15H20F4N4O4. The first-order valence-corrected chi connectivity index (χ1v) is 8.14. The number of anilines is 1. The summed E-state index contributed by atoms with van der Waals surface area (Å²) in [7, 11) is 0. The number of carboxylic acid groups (broad SMARTS) is 1. The molecule has 1 aromatic heterocycles. The molecule has 2 saturated heterocycles. The van der Waals surface area contributed by atoms with Crippen molar-refractivity contribution in [3.63, 3.8) is 0 Å². The van der Waals surface area contributed by atoms with Crippen LogP contribution in [0.2, 0.25) is 0 Å². The molecule has 0 saturated carbocycles. The van der Waals surface area contributed by atoms with Crippen LogP contribution >= 0.6 is 0 Å². The fraction of sp³-hybridized carbons (Fsp3) is 0.667. The van der Waals surface area contributed by atoms with Crippen molar-refractivity contribution in [2.24, 2.45) is 5.92 Å². The number of aliphatic carboxylic acids is 1. The molecule has 1 spiro atoms. The number of rotatable bonds is 3. The zero-order valence-electron chi connectivity index (χ0n) is 14.3. The molecule has 2 atom stereocenters. The maximum atomic E-state index is 12.7. The standard InChI is InChI=1S/C13H19FN4O2.C2HF3O2/c14-11-5-17-12(18-6-11)16-4-10-3-13(20-7-10)8-15-1-2-19-9-13;3-2(4,5)1(6)7/h5-6,10,15H,1-4,7-9H2,(H,16,17,18);(H,6,7). The van der Waals surface area contributed by atoms with Crippen molar-refractivity contribution in [1.82, 2.24) is 15.3 Å². The van der Waals surface area contributed by atoms with Crippen molar-refractivity contribution < 1.29 is 36.9 Å². The second kappa shape index (κ2) is 9.24. The molecule has 2 aliphatic heterocycles. The summed E-state index contributed by atoms with van der Waals surface area (Å²) in [6.45, 7) is 4.49. The monoisotopic (exact) mass is 396 g/mol. The summed E-state index contributed by atoms with van der Waals surface area (Å²) in [5.74, 6) is -2.36. The van der Waals surface area contributed by atoms with E-state index in [2.05, 4.69) is 20.6 Å². The number of halogens is 4. The Morgan fingerprint density at radius 2 is 2.07 bits per heavy atom. The third-order valence-corrected chi connectivity index (χ3v) is 3.93. The number of carboxylic acids is 1. The maximum absolute atomic E-state index is 12.7. The average Bonchev–Trinajstić information content (AvgIpc) is 2.85. The van der Waals surface area contributed by atoms with Gasteiger partial charge in [0, 0.05) is 25.6 Å². The van der Waals surface area contributed by atoms with Gasteiger partial charge in [-0.3, -0.25) is 0 Å². The first-order valence-electron chi connectivity index (χ1n) is 8.14. The molecular weight excluding hydrogens is 376 g/mol. The molecule has 0 aromatic carbocycles. The largest absolute Gasteiger partial charge is 0.490 e.